The van der Waals surface area contributed by atoms with Gasteiger partial charge in [-0.1, -0.05) is 37.6 Å². The van der Waals surface area contributed by atoms with E-state index in [1.54, 1.807) is 12.1 Å². The zero-order valence-corrected chi connectivity index (χ0v) is 12.5. The average molecular weight is 298 g/mol. The predicted molar refractivity (Wildman–Crippen MR) is 78.9 cm³/mol. The molecule has 1 unspecified atom stereocenters. The second-order valence-corrected chi connectivity index (χ2v) is 5.50. The van der Waals surface area contributed by atoms with Crippen molar-refractivity contribution in [3.63, 3.8) is 0 Å². The number of carbonyl (C=O) groups is 2. The van der Waals surface area contributed by atoms with Crippen LogP contribution in [-0.2, 0) is 9.59 Å². The number of halogens is 1. The number of carboxylic acid groups (broad SMARTS) is 1. The van der Waals surface area contributed by atoms with Gasteiger partial charge < -0.3 is 10.4 Å². The van der Waals surface area contributed by atoms with E-state index < -0.39 is 5.97 Å². The van der Waals surface area contributed by atoms with Crippen LogP contribution in [0.5, 0.6) is 0 Å². The van der Waals surface area contributed by atoms with E-state index in [0.717, 1.165) is 5.56 Å². The van der Waals surface area contributed by atoms with E-state index in [2.05, 4.69) is 5.32 Å². The van der Waals surface area contributed by atoms with Gasteiger partial charge in [0.15, 0.2) is 0 Å². The first-order valence-corrected chi connectivity index (χ1v) is 7.04. The molecule has 0 saturated heterocycles. The van der Waals surface area contributed by atoms with Crippen LogP contribution in [0.2, 0.25) is 5.02 Å². The van der Waals surface area contributed by atoms with E-state index in [1.807, 2.05) is 26.0 Å². The van der Waals surface area contributed by atoms with Crippen LogP contribution in [0, 0.1) is 5.92 Å². The molecule has 5 heteroatoms. The third-order valence-electron chi connectivity index (χ3n) is 3.04. The van der Waals surface area contributed by atoms with Crippen LogP contribution in [0.1, 0.15) is 38.2 Å². The fourth-order valence-corrected chi connectivity index (χ4v) is 2.20. The van der Waals surface area contributed by atoms with Crippen molar-refractivity contribution >= 4 is 23.5 Å². The average Bonchev–Trinajstić information content (AvgIpc) is 2.36. The number of aliphatic carboxylic acids is 1. The number of rotatable bonds is 7. The molecule has 0 radical (unpaired) electrons. The Bertz CT molecular complexity index is 457. The lowest BCUT2D eigenvalue weighted by Gasteiger charge is -2.20. The van der Waals surface area contributed by atoms with Gasteiger partial charge in [-0.2, -0.15) is 0 Å². The highest BCUT2D eigenvalue weighted by Gasteiger charge is 2.23. The van der Waals surface area contributed by atoms with E-state index in [1.165, 1.54) is 0 Å². The van der Waals surface area contributed by atoms with Crippen LogP contribution in [-0.4, -0.2) is 23.5 Å². The molecule has 2 N–H and O–H groups in total. The van der Waals surface area contributed by atoms with Gasteiger partial charge in [0.05, 0.1) is 5.92 Å². The molecule has 0 bridgehead atoms. The number of amides is 1. The van der Waals surface area contributed by atoms with Gasteiger partial charge in [-0.05, 0) is 30.0 Å². The first-order chi connectivity index (χ1) is 9.41. The molecule has 20 heavy (non-hydrogen) atoms. The summed E-state index contributed by atoms with van der Waals surface area (Å²) in [6.45, 7) is 4.34. The smallest absolute Gasteiger partial charge is 0.303 e. The first-order valence-electron chi connectivity index (χ1n) is 6.66. The Balaban J connectivity index is 2.64. The van der Waals surface area contributed by atoms with Crippen molar-refractivity contribution in [1.29, 1.82) is 0 Å². The van der Waals surface area contributed by atoms with Gasteiger partial charge in [-0.3, -0.25) is 9.59 Å². The zero-order valence-electron chi connectivity index (χ0n) is 11.7. The van der Waals surface area contributed by atoms with Crippen molar-refractivity contribution in [3.05, 3.63) is 34.9 Å². The van der Waals surface area contributed by atoms with Crippen molar-refractivity contribution in [2.75, 3.05) is 6.54 Å². The maximum Gasteiger partial charge on any atom is 0.303 e. The van der Waals surface area contributed by atoms with Crippen LogP contribution in [0.25, 0.3) is 0 Å². The number of carboxylic acids is 1. The molecule has 1 rings (SSSR count). The molecule has 0 fully saturated rings. The van der Waals surface area contributed by atoms with E-state index in [-0.39, 0.29) is 24.2 Å². The second kappa shape index (κ2) is 7.90. The normalized spacial score (nSPS) is 12.2. The van der Waals surface area contributed by atoms with Crippen LogP contribution < -0.4 is 5.32 Å². The quantitative estimate of drug-likeness (QED) is 0.760. The molecule has 1 atom stereocenters. The Hall–Kier alpha value is -1.55. The van der Waals surface area contributed by atoms with Gasteiger partial charge in [-0.15, -0.1) is 0 Å². The molecule has 0 heterocycles. The summed E-state index contributed by atoms with van der Waals surface area (Å²) in [5.74, 6) is -1.03. The molecular formula is C15H20ClNO3. The van der Waals surface area contributed by atoms with E-state index in [4.69, 9.17) is 16.7 Å². The minimum absolute atomic E-state index is 0.0631. The van der Waals surface area contributed by atoms with Crippen molar-refractivity contribution in [3.8, 4) is 0 Å². The van der Waals surface area contributed by atoms with Crippen molar-refractivity contribution in [2.24, 2.45) is 5.92 Å². The van der Waals surface area contributed by atoms with Crippen molar-refractivity contribution in [2.45, 2.75) is 32.6 Å². The maximum absolute atomic E-state index is 12.2. The molecule has 0 aliphatic carbocycles. The Morgan fingerprint density at radius 3 is 2.35 bits per heavy atom. The molecule has 1 aromatic rings. The van der Waals surface area contributed by atoms with E-state index in [9.17, 15) is 9.59 Å². The lowest BCUT2D eigenvalue weighted by Crippen LogP contribution is -2.32. The first kappa shape index (κ1) is 16.5. The molecule has 0 spiro atoms. The Morgan fingerprint density at radius 2 is 1.85 bits per heavy atom. The van der Waals surface area contributed by atoms with Crippen LogP contribution >= 0.6 is 11.6 Å². The summed E-state index contributed by atoms with van der Waals surface area (Å²) in [4.78, 5) is 22.6. The lowest BCUT2D eigenvalue weighted by atomic mass is 9.87. The molecule has 0 aliphatic rings. The number of hydrogen-bond donors (Lipinski definition) is 2. The van der Waals surface area contributed by atoms with Crippen LogP contribution in [0.4, 0.5) is 0 Å². The maximum atomic E-state index is 12.2. The topological polar surface area (TPSA) is 66.4 Å². The fourth-order valence-electron chi connectivity index (χ4n) is 2.07. The molecule has 0 saturated carbocycles. The highest BCUT2D eigenvalue weighted by atomic mass is 35.5. The number of hydrogen-bond acceptors (Lipinski definition) is 2. The largest absolute Gasteiger partial charge is 0.481 e. The third kappa shape index (κ3) is 5.21. The summed E-state index contributed by atoms with van der Waals surface area (Å²) in [6.07, 6.45) is 0.500. The number of carbonyl (C=O) groups excluding carboxylic acids is 1. The van der Waals surface area contributed by atoms with Gasteiger partial charge >= 0.3 is 5.97 Å². The van der Waals surface area contributed by atoms with Crippen LogP contribution in [0.3, 0.4) is 0 Å². The Labute approximate surface area is 124 Å². The standard InChI is InChI=1S/C15H20ClNO3/c1-10(2)14(11-5-7-12(16)8-6-11)15(20)17-9-3-4-13(18)19/h5-8,10,14H,3-4,9H2,1-2H3,(H,17,20)(H,18,19). The molecule has 1 amide bonds. The minimum atomic E-state index is -0.850. The van der Waals surface area contributed by atoms with E-state index >= 15 is 0 Å². The number of benzene rings is 1. The summed E-state index contributed by atoms with van der Waals surface area (Å²) in [6, 6.07) is 7.24. The molecule has 1 aromatic carbocycles. The zero-order chi connectivity index (χ0) is 15.1. The van der Waals surface area contributed by atoms with Gasteiger partial charge in [0, 0.05) is 18.0 Å². The van der Waals surface area contributed by atoms with Crippen molar-refractivity contribution < 1.29 is 14.7 Å². The Kier molecular flexibility index (Phi) is 6.52. The van der Waals surface area contributed by atoms with Gasteiger partial charge in [-0.25, -0.2) is 0 Å². The molecular weight excluding hydrogens is 278 g/mol. The summed E-state index contributed by atoms with van der Waals surface area (Å²) >= 11 is 5.85. The third-order valence-corrected chi connectivity index (χ3v) is 3.30. The monoisotopic (exact) mass is 297 g/mol. The highest BCUT2D eigenvalue weighted by Crippen LogP contribution is 2.25. The molecule has 0 aromatic heterocycles. The SMILES string of the molecule is CC(C)C(C(=O)NCCCC(=O)O)c1ccc(Cl)cc1. The molecule has 0 aliphatic heterocycles. The second-order valence-electron chi connectivity index (χ2n) is 5.06. The fraction of sp³-hybridized carbons (Fsp3) is 0.467. The Morgan fingerprint density at radius 1 is 1.25 bits per heavy atom. The number of nitrogens with one attached hydrogen (secondary N) is 1. The van der Waals surface area contributed by atoms with Gasteiger partial charge in [0.1, 0.15) is 0 Å². The summed E-state index contributed by atoms with van der Waals surface area (Å²) in [5, 5.41) is 12.0. The summed E-state index contributed by atoms with van der Waals surface area (Å²) in [7, 11) is 0. The predicted octanol–water partition coefficient (Wildman–Crippen LogP) is 3.06. The van der Waals surface area contributed by atoms with Crippen molar-refractivity contribution in [1.82, 2.24) is 5.32 Å². The summed E-state index contributed by atoms with van der Waals surface area (Å²) < 4.78 is 0. The lowest BCUT2D eigenvalue weighted by molar-refractivity contribution is -0.137. The minimum Gasteiger partial charge on any atom is -0.481 e. The highest BCUT2D eigenvalue weighted by molar-refractivity contribution is 6.30. The van der Waals surface area contributed by atoms with Gasteiger partial charge in [0.25, 0.3) is 0 Å². The van der Waals surface area contributed by atoms with E-state index in [0.29, 0.717) is 18.0 Å². The van der Waals surface area contributed by atoms with Gasteiger partial charge in [0.2, 0.25) is 5.91 Å². The summed E-state index contributed by atoms with van der Waals surface area (Å²) in [5.41, 5.74) is 0.917. The van der Waals surface area contributed by atoms with Crippen LogP contribution in [0.15, 0.2) is 24.3 Å². The molecule has 4 nitrogen and oxygen atoms in total. The molecule has 110 valence electrons.